The minimum absolute atomic E-state index is 0.0944. The maximum absolute atomic E-state index is 16.5. The monoisotopic (exact) mass is 773 g/mol. The van der Waals surface area contributed by atoms with Gasteiger partial charge >= 0.3 is 0 Å². The molecule has 4 rings (SSSR count). The molecule has 0 aliphatic heterocycles. The van der Waals surface area contributed by atoms with E-state index in [1.807, 2.05) is 67.5 Å². The maximum atomic E-state index is 16.5. The summed E-state index contributed by atoms with van der Waals surface area (Å²) in [6, 6.07) is 0. The van der Waals surface area contributed by atoms with Crippen molar-refractivity contribution in [2.75, 3.05) is 0 Å². The van der Waals surface area contributed by atoms with E-state index >= 15 is 19.2 Å². The molecule has 4 aliphatic carbocycles. The summed E-state index contributed by atoms with van der Waals surface area (Å²) in [5.41, 5.74) is -1.49. The van der Waals surface area contributed by atoms with Gasteiger partial charge in [-0.25, -0.2) is 4.89 Å². The lowest BCUT2D eigenvalue weighted by atomic mass is 9.33. The predicted molar refractivity (Wildman–Crippen MR) is 228 cm³/mol. The molecule has 9 atom stereocenters. The summed E-state index contributed by atoms with van der Waals surface area (Å²) in [4.78, 5) is 69.3. The molecule has 56 heavy (non-hydrogen) atoms. The lowest BCUT2D eigenvalue weighted by Crippen LogP contribution is -2.77. The van der Waals surface area contributed by atoms with Gasteiger partial charge < -0.3 is 0 Å². The van der Waals surface area contributed by atoms with Gasteiger partial charge in [-0.1, -0.05) is 92.9 Å². The Kier molecular flexibility index (Phi) is 14.2. The SMILES string of the molecule is CC(C)=CCCC1(C)C(CC=C(C)C)CC2(CC=C(C)C)C(=O)C(CC=C(C)C)(CC3=CC4C(C(C)C)CCC(C)(OO)C4CC3)C(=O)C1(C(=O)C(C)C)C2=O. The maximum Gasteiger partial charge on any atom is 0.168 e. The Morgan fingerprint density at radius 2 is 1.41 bits per heavy atom. The summed E-state index contributed by atoms with van der Waals surface area (Å²) in [7, 11) is 0. The number of Topliss-reactive ketones (excluding diaryl/α,β-unsaturated/α-hetero) is 4. The molecule has 0 aromatic heterocycles. The molecule has 0 aromatic carbocycles. The van der Waals surface area contributed by atoms with Gasteiger partial charge in [0.25, 0.3) is 0 Å². The zero-order valence-electron chi connectivity index (χ0n) is 37.6. The summed E-state index contributed by atoms with van der Waals surface area (Å²) in [6.07, 6.45) is 16.3. The molecule has 3 saturated carbocycles. The summed E-state index contributed by atoms with van der Waals surface area (Å²) in [5, 5.41) is 10.2. The van der Waals surface area contributed by atoms with Gasteiger partial charge in [0, 0.05) is 5.92 Å². The fraction of sp³-hybridized carbons (Fsp3) is 0.720. The first-order chi connectivity index (χ1) is 26.0. The van der Waals surface area contributed by atoms with Crippen molar-refractivity contribution >= 4 is 23.1 Å². The third-order valence-corrected chi connectivity index (χ3v) is 14.9. The van der Waals surface area contributed by atoms with Crippen molar-refractivity contribution in [1.82, 2.24) is 0 Å². The van der Waals surface area contributed by atoms with Crippen molar-refractivity contribution in [3.05, 3.63) is 58.2 Å². The summed E-state index contributed by atoms with van der Waals surface area (Å²) in [6.45, 7) is 28.3. The number of rotatable bonds is 15. The van der Waals surface area contributed by atoms with E-state index < -0.39 is 44.7 Å². The van der Waals surface area contributed by atoms with Crippen LogP contribution in [0.15, 0.2) is 58.2 Å². The van der Waals surface area contributed by atoms with Crippen LogP contribution in [-0.4, -0.2) is 34.0 Å². The van der Waals surface area contributed by atoms with E-state index in [1.165, 1.54) is 0 Å². The number of carbonyl (C=O) groups excluding carboxylic acids is 4. The third kappa shape index (κ3) is 7.88. The second-order valence-corrected chi connectivity index (χ2v) is 20.6. The number of hydrogen-bond acceptors (Lipinski definition) is 6. The molecule has 4 aliphatic rings. The zero-order valence-corrected chi connectivity index (χ0v) is 37.6. The fourth-order valence-electron chi connectivity index (χ4n) is 11.7. The first-order valence-electron chi connectivity index (χ1n) is 21.7. The molecular weight excluding hydrogens is 697 g/mol. The van der Waals surface area contributed by atoms with Crippen molar-refractivity contribution in [1.29, 1.82) is 0 Å². The van der Waals surface area contributed by atoms with Crippen LogP contribution in [0.4, 0.5) is 0 Å². The predicted octanol–water partition coefficient (Wildman–Crippen LogP) is 12.4. The number of carbonyl (C=O) groups is 4. The van der Waals surface area contributed by atoms with Gasteiger partial charge in [-0.15, -0.1) is 0 Å². The number of ketones is 4. The quantitative estimate of drug-likeness (QED) is 0.0770. The van der Waals surface area contributed by atoms with Gasteiger partial charge in [0.15, 0.2) is 28.5 Å². The summed E-state index contributed by atoms with van der Waals surface area (Å²) < 4.78 is 0. The van der Waals surface area contributed by atoms with Gasteiger partial charge in [-0.3, -0.25) is 24.4 Å². The Labute approximate surface area is 340 Å². The van der Waals surface area contributed by atoms with E-state index in [2.05, 4.69) is 59.8 Å². The van der Waals surface area contributed by atoms with Crippen molar-refractivity contribution in [2.45, 2.75) is 173 Å². The van der Waals surface area contributed by atoms with Crippen LogP contribution in [0.2, 0.25) is 0 Å². The van der Waals surface area contributed by atoms with Crippen LogP contribution in [0.25, 0.3) is 0 Å². The Balaban J connectivity index is 2.13. The average Bonchev–Trinajstić information content (AvgIpc) is 3.11. The zero-order chi connectivity index (χ0) is 42.2. The second kappa shape index (κ2) is 17.3. The molecule has 9 unspecified atom stereocenters. The minimum Gasteiger partial charge on any atom is -0.298 e. The molecule has 6 nitrogen and oxygen atoms in total. The van der Waals surface area contributed by atoms with Crippen molar-refractivity contribution in [2.24, 2.45) is 57.2 Å². The smallest absolute Gasteiger partial charge is 0.168 e. The number of hydrogen-bond donors (Lipinski definition) is 1. The lowest BCUT2D eigenvalue weighted by molar-refractivity contribution is -0.346. The Morgan fingerprint density at radius 1 is 0.821 bits per heavy atom. The van der Waals surface area contributed by atoms with Gasteiger partial charge in [0.05, 0.1) is 10.8 Å². The highest BCUT2D eigenvalue weighted by molar-refractivity contribution is 6.40. The van der Waals surface area contributed by atoms with Crippen LogP contribution < -0.4 is 0 Å². The van der Waals surface area contributed by atoms with E-state index in [0.29, 0.717) is 43.9 Å². The average molecular weight is 773 g/mol. The van der Waals surface area contributed by atoms with Crippen LogP contribution in [0.3, 0.4) is 0 Å². The molecule has 0 radical (unpaired) electrons. The van der Waals surface area contributed by atoms with Crippen molar-refractivity contribution < 1.29 is 29.3 Å². The van der Waals surface area contributed by atoms with Crippen LogP contribution in [0.5, 0.6) is 0 Å². The van der Waals surface area contributed by atoms with E-state index in [0.717, 1.165) is 47.1 Å². The molecule has 312 valence electrons. The van der Waals surface area contributed by atoms with Gasteiger partial charge in [-0.05, 0) is 168 Å². The number of allylic oxidation sites excluding steroid dienone is 10. The third-order valence-electron chi connectivity index (χ3n) is 14.9. The highest BCUT2D eigenvalue weighted by Crippen LogP contribution is 2.70. The van der Waals surface area contributed by atoms with Gasteiger partial charge in [-0.2, -0.15) is 0 Å². The summed E-state index contributed by atoms with van der Waals surface area (Å²) >= 11 is 0. The van der Waals surface area contributed by atoms with Crippen LogP contribution in [0, 0.1) is 57.2 Å². The summed E-state index contributed by atoms with van der Waals surface area (Å²) in [5.74, 6) is -1.40. The highest BCUT2D eigenvalue weighted by atomic mass is 17.1. The van der Waals surface area contributed by atoms with E-state index in [1.54, 1.807) is 0 Å². The Morgan fingerprint density at radius 3 is 1.95 bits per heavy atom. The van der Waals surface area contributed by atoms with Gasteiger partial charge in [0.2, 0.25) is 0 Å². The normalized spacial score (nSPS) is 35.4. The Hall–Kier alpha value is -2.70. The molecule has 1 N–H and O–H groups in total. The molecule has 3 fully saturated rings. The second-order valence-electron chi connectivity index (χ2n) is 20.6. The van der Waals surface area contributed by atoms with Crippen molar-refractivity contribution in [3.8, 4) is 0 Å². The van der Waals surface area contributed by atoms with E-state index in [4.69, 9.17) is 4.89 Å². The highest BCUT2D eigenvalue weighted by Gasteiger charge is 2.81. The minimum atomic E-state index is -1.99. The standard InChI is InChI=1S/C50H76O6/c1-31(2)16-15-24-46(13)38(19-17-32(3)4)30-49(27-22-34(7)8)43(52)48(26-21-33(5)6,44(53)50(46,45(49)54)42(51)36(11)12)29-37-18-20-41-40(28-37)39(35(9)10)23-25-47(41,14)56-55/h16-17,21-22,28,35-36,38-41,55H,15,18-20,23-27,29-30H2,1-14H3. The van der Waals surface area contributed by atoms with Gasteiger partial charge in [0.1, 0.15) is 5.60 Å². The molecule has 0 heterocycles. The molecule has 0 aromatic rings. The topological polar surface area (TPSA) is 97.7 Å². The molecule has 0 amide bonds. The van der Waals surface area contributed by atoms with Crippen LogP contribution in [-0.2, 0) is 24.1 Å². The molecule has 2 bridgehead atoms. The molecular formula is C50H76O6. The molecule has 6 heteroatoms. The van der Waals surface area contributed by atoms with E-state index in [9.17, 15) is 5.26 Å². The molecule has 0 spiro atoms. The van der Waals surface area contributed by atoms with Crippen molar-refractivity contribution in [3.63, 3.8) is 0 Å². The van der Waals surface area contributed by atoms with E-state index in [-0.39, 0.29) is 48.6 Å². The Bertz CT molecular complexity index is 1690. The fourth-order valence-corrected chi connectivity index (χ4v) is 11.7. The first kappa shape index (κ1) is 46.0. The first-order valence-corrected chi connectivity index (χ1v) is 21.7. The van der Waals surface area contributed by atoms with Crippen LogP contribution >= 0.6 is 0 Å². The molecule has 0 saturated heterocycles. The number of fused-ring (bicyclic) bond motifs is 3. The van der Waals surface area contributed by atoms with Crippen LogP contribution in [0.1, 0.15) is 168 Å². The lowest BCUT2D eigenvalue weighted by Gasteiger charge is -2.64. The largest absolute Gasteiger partial charge is 0.298 e.